The predicted octanol–water partition coefficient (Wildman–Crippen LogP) is 4.28. The summed E-state index contributed by atoms with van der Waals surface area (Å²) in [6.07, 6.45) is 5.66. The molecule has 1 fully saturated rings. The van der Waals surface area contributed by atoms with Gasteiger partial charge in [-0.05, 0) is 26.0 Å². The van der Waals surface area contributed by atoms with Gasteiger partial charge in [-0.25, -0.2) is 4.98 Å². The number of amides is 1. The summed E-state index contributed by atoms with van der Waals surface area (Å²) in [6.45, 7) is 9.77. The summed E-state index contributed by atoms with van der Waals surface area (Å²) in [5.41, 5.74) is 4.80. The first-order chi connectivity index (χ1) is 18.2. The Bertz CT molecular complexity index is 1310. The van der Waals surface area contributed by atoms with Crippen LogP contribution in [0, 0.1) is 6.92 Å². The molecule has 1 saturated heterocycles. The fourth-order valence-electron chi connectivity index (χ4n) is 3.81. The number of carbonyl (C=O) groups excluding carboxylic acids is 1. The summed E-state index contributed by atoms with van der Waals surface area (Å²) in [5.74, 6) is 0.0859. The molecule has 2 aromatic heterocycles. The Morgan fingerprint density at radius 1 is 1.03 bits per heavy atom. The van der Waals surface area contributed by atoms with Crippen molar-refractivity contribution >= 4 is 19.4 Å². The van der Waals surface area contributed by atoms with Gasteiger partial charge in [0.25, 0.3) is 5.91 Å². The van der Waals surface area contributed by atoms with Crippen LogP contribution in [0.25, 0.3) is 28.2 Å². The van der Waals surface area contributed by atoms with Crippen LogP contribution >= 0.6 is 0 Å². The maximum absolute atomic E-state index is 12.7. The highest BCUT2D eigenvalue weighted by Gasteiger charge is 2.18. The number of benzene rings is 2. The van der Waals surface area contributed by atoms with E-state index in [0.717, 1.165) is 61.3 Å². The molecule has 4 aromatic rings. The van der Waals surface area contributed by atoms with Crippen molar-refractivity contribution in [2.75, 3.05) is 32.8 Å². The van der Waals surface area contributed by atoms with Crippen molar-refractivity contribution in [3.63, 3.8) is 0 Å². The molecule has 0 bridgehead atoms. The number of halogens is 1. The Labute approximate surface area is 225 Å². The number of nitrogens with one attached hydrogen (secondary N) is 1. The Balaban J connectivity index is 0.000000443. The van der Waals surface area contributed by atoms with Crippen LogP contribution in [-0.4, -0.2) is 76.5 Å². The Morgan fingerprint density at radius 3 is 2.18 bits per heavy atom. The Hall–Kier alpha value is -3.56. The molecular formula is C29H35BFN5O2. The molecule has 3 heterocycles. The lowest BCUT2D eigenvalue weighted by Gasteiger charge is -2.27. The summed E-state index contributed by atoms with van der Waals surface area (Å²) in [5, 5.41) is 11.2. The van der Waals surface area contributed by atoms with E-state index in [0.29, 0.717) is 5.56 Å². The van der Waals surface area contributed by atoms with Gasteiger partial charge in [-0.15, -0.1) is 0 Å². The van der Waals surface area contributed by atoms with Crippen molar-refractivity contribution in [1.29, 1.82) is 0 Å². The zero-order valence-corrected chi connectivity index (χ0v) is 22.5. The van der Waals surface area contributed by atoms with Crippen LogP contribution in [0.4, 0.5) is 4.39 Å². The predicted molar refractivity (Wildman–Crippen MR) is 151 cm³/mol. The number of aryl methyl sites for hydroxylation is 1. The Kier molecular flexibility index (Phi) is 10.2. The van der Waals surface area contributed by atoms with E-state index in [1.54, 1.807) is 6.20 Å². The molecule has 38 heavy (non-hydrogen) atoms. The zero-order valence-electron chi connectivity index (χ0n) is 22.5. The molecule has 1 aliphatic heterocycles. The standard InChI is InChI=1S/C24H23N5O.C3H6BFO.C2H6/c1-17-2-4-19(5-3-17)22-14-27-23-15-26-21(16-29(22)23)18-6-8-20(9-7-18)24(30)28-12-10-25-11-13-28;1-3(4,5)2-6;1-2/h2-9,14-16,25H,10-13H2,1H3;6H,2H2,1H3;1-2H3. The first-order valence-electron chi connectivity index (χ1n) is 12.8. The smallest absolute Gasteiger partial charge is 0.253 e. The van der Waals surface area contributed by atoms with Gasteiger partial charge in [-0.1, -0.05) is 55.8 Å². The number of hydrogen-bond acceptors (Lipinski definition) is 5. The molecule has 2 N–H and O–H groups in total. The van der Waals surface area contributed by atoms with Crippen molar-refractivity contribution < 1.29 is 14.3 Å². The van der Waals surface area contributed by atoms with Crippen LogP contribution in [0.15, 0.2) is 67.1 Å². The van der Waals surface area contributed by atoms with Crippen molar-refractivity contribution in [2.45, 2.75) is 33.3 Å². The number of aromatic nitrogens is 3. The number of carbonyl (C=O) groups is 1. The second kappa shape index (κ2) is 13.3. The maximum atomic E-state index is 12.7. The van der Waals surface area contributed by atoms with E-state index in [1.807, 2.05) is 55.4 Å². The lowest BCUT2D eigenvalue weighted by atomic mass is 9.87. The van der Waals surface area contributed by atoms with E-state index in [2.05, 4.69) is 58.7 Å². The molecule has 2 aromatic carbocycles. The maximum Gasteiger partial charge on any atom is 0.253 e. The van der Waals surface area contributed by atoms with Crippen molar-refractivity contribution in [3.05, 3.63) is 78.2 Å². The van der Waals surface area contributed by atoms with Gasteiger partial charge in [0.15, 0.2) is 5.65 Å². The second-order valence-corrected chi connectivity index (χ2v) is 9.07. The number of fused-ring (bicyclic) bond motifs is 1. The minimum atomic E-state index is -1.90. The number of piperazine rings is 1. The van der Waals surface area contributed by atoms with Gasteiger partial charge in [0, 0.05) is 49.1 Å². The number of rotatable bonds is 4. The molecule has 198 valence electrons. The first kappa shape index (κ1) is 29.0. The van der Waals surface area contributed by atoms with Crippen LogP contribution in [-0.2, 0) is 0 Å². The van der Waals surface area contributed by atoms with E-state index in [4.69, 9.17) is 5.11 Å². The topological polar surface area (TPSA) is 82.8 Å². The number of imidazole rings is 1. The van der Waals surface area contributed by atoms with Gasteiger partial charge in [0.05, 0.1) is 36.0 Å². The van der Waals surface area contributed by atoms with Crippen molar-refractivity contribution in [2.24, 2.45) is 0 Å². The van der Waals surface area contributed by atoms with Crippen LogP contribution < -0.4 is 5.32 Å². The highest BCUT2D eigenvalue weighted by molar-refractivity contribution is 6.14. The van der Waals surface area contributed by atoms with Gasteiger partial charge in [0.1, 0.15) is 7.85 Å². The van der Waals surface area contributed by atoms with Gasteiger partial charge >= 0.3 is 0 Å². The third-order valence-electron chi connectivity index (χ3n) is 5.88. The summed E-state index contributed by atoms with van der Waals surface area (Å²) in [7, 11) is 4.62. The monoisotopic (exact) mass is 515 g/mol. The molecule has 0 spiro atoms. The number of alkyl halides is 1. The molecule has 7 nitrogen and oxygen atoms in total. The molecule has 0 saturated carbocycles. The van der Waals surface area contributed by atoms with E-state index >= 15 is 0 Å². The average Bonchev–Trinajstić information content (AvgIpc) is 3.38. The van der Waals surface area contributed by atoms with Crippen molar-refractivity contribution in [1.82, 2.24) is 24.6 Å². The number of nitrogens with zero attached hydrogens (tertiary/aromatic N) is 4. The van der Waals surface area contributed by atoms with Gasteiger partial charge in [0.2, 0.25) is 0 Å². The third-order valence-corrected chi connectivity index (χ3v) is 5.88. The molecule has 9 heteroatoms. The quantitative estimate of drug-likeness (QED) is 0.397. The molecule has 1 atom stereocenters. The second-order valence-electron chi connectivity index (χ2n) is 9.07. The molecule has 1 unspecified atom stereocenters. The summed E-state index contributed by atoms with van der Waals surface area (Å²) >= 11 is 0. The van der Waals surface area contributed by atoms with Crippen LogP contribution in [0.5, 0.6) is 0 Å². The van der Waals surface area contributed by atoms with Gasteiger partial charge in [-0.3, -0.25) is 18.6 Å². The van der Waals surface area contributed by atoms with E-state index in [-0.39, 0.29) is 5.91 Å². The lowest BCUT2D eigenvalue weighted by molar-refractivity contribution is 0.0736. The summed E-state index contributed by atoms with van der Waals surface area (Å²) in [6, 6.07) is 16.1. The third kappa shape index (κ3) is 7.49. The van der Waals surface area contributed by atoms with E-state index in [1.165, 1.54) is 5.56 Å². The first-order valence-corrected chi connectivity index (χ1v) is 12.8. The molecule has 2 radical (unpaired) electrons. The molecule has 5 rings (SSSR count). The van der Waals surface area contributed by atoms with Crippen LogP contribution in [0.1, 0.15) is 36.7 Å². The zero-order chi connectivity index (χ0) is 27.7. The normalized spacial score (nSPS) is 14.5. The van der Waals surface area contributed by atoms with Crippen molar-refractivity contribution in [3.8, 4) is 22.5 Å². The lowest BCUT2D eigenvalue weighted by Crippen LogP contribution is -2.46. The number of hydrogen-bond donors (Lipinski definition) is 2. The molecular weight excluding hydrogens is 480 g/mol. The minimum Gasteiger partial charge on any atom is -0.394 e. The summed E-state index contributed by atoms with van der Waals surface area (Å²) in [4.78, 5) is 23.6. The Morgan fingerprint density at radius 2 is 1.61 bits per heavy atom. The van der Waals surface area contributed by atoms with Crippen LogP contribution in [0.3, 0.4) is 0 Å². The fourth-order valence-corrected chi connectivity index (χ4v) is 3.81. The summed E-state index contributed by atoms with van der Waals surface area (Å²) < 4.78 is 13.7. The number of aliphatic hydroxyl groups excluding tert-OH is 1. The highest BCUT2D eigenvalue weighted by Crippen LogP contribution is 2.24. The fraction of sp³-hybridized carbons (Fsp3) is 0.345. The van der Waals surface area contributed by atoms with Crippen LogP contribution in [0.2, 0.25) is 0 Å². The van der Waals surface area contributed by atoms with Gasteiger partial charge < -0.3 is 15.3 Å². The largest absolute Gasteiger partial charge is 0.394 e. The van der Waals surface area contributed by atoms with Gasteiger partial charge in [-0.2, -0.15) is 0 Å². The SMILES string of the molecule is CC.Cc1ccc(-c2cnc3cnc(-c4ccc(C(=O)N5CCNCC5)cc4)cn23)cc1.[B]C(C)(F)CO. The molecule has 1 amide bonds. The molecule has 1 aliphatic rings. The number of aliphatic hydroxyl groups is 1. The molecule has 0 aliphatic carbocycles. The van der Waals surface area contributed by atoms with E-state index < -0.39 is 12.2 Å². The minimum absolute atomic E-state index is 0.0859. The van der Waals surface area contributed by atoms with E-state index in [9.17, 15) is 9.18 Å². The highest BCUT2D eigenvalue weighted by atomic mass is 19.1. The average molecular weight is 515 g/mol.